The standard InChI is InChI=1S/C16H14FNO4S/c1-10(19)18-8-13-6-7-15(23-13)14(20)9-22-16(21)11-2-4-12(17)5-3-11/h2-7H,8-9H2,1H3,(H,18,19). The predicted octanol–water partition coefficient (Wildman–Crippen LogP) is 2.56. The molecule has 1 aromatic heterocycles. The summed E-state index contributed by atoms with van der Waals surface area (Å²) in [4.78, 5) is 35.8. The van der Waals surface area contributed by atoms with Crippen LogP contribution in [0.1, 0.15) is 31.8 Å². The monoisotopic (exact) mass is 335 g/mol. The number of ketones is 1. The fourth-order valence-corrected chi connectivity index (χ4v) is 2.58. The van der Waals surface area contributed by atoms with Crippen molar-refractivity contribution >= 4 is 29.0 Å². The Morgan fingerprint density at radius 2 is 1.83 bits per heavy atom. The third-order valence-corrected chi connectivity index (χ3v) is 3.99. The van der Waals surface area contributed by atoms with E-state index >= 15 is 0 Å². The van der Waals surface area contributed by atoms with Gasteiger partial charge in [-0.05, 0) is 36.4 Å². The van der Waals surface area contributed by atoms with Gasteiger partial charge in [0.25, 0.3) is 0 Å². The van der Waals surface area contributed by atoms with Crippen molar-refractivity contribution in [2.45, 2.75) is 13.5 Å². The number of hydrogen-bond donors (Lipinski definition) is 1. The molecule has 5 nitrogen and oxygen atoms in total. The number of thiophene rings is 1. The molecule has 0 radical (unpaired) electrons. The first kappa shape index (κ1) is 16.8. The van der Waals surface area contributed by atoms with Gasteiger partial charge in [-0.25, -0.2) is 9.18 Å². The number of rotatable bonds is 6. The van der Waals surface area contributed by atoms with E-state index < -0.39 is 18.4 Å². The topological polar surface area (TPSA) is 72.5 Å². The zero-order chi connectivity index (χ0) is 16.8. The van der Waals surface area contributed by atoms with Crippen LogP contribution in [0.4, 0.5) is 4.39 Å². The summed E-state index contributed by atoms with van der Waals surface area (Å²) in [7, 11) is 0. The lowest BCUT2D eigenvalue weighted by molar-refractivity contribution is -0.119. The van der Waals surface area contributed by atoms with Gasteiger partial charge in [-0.1, -0.05) is 0 Å². The summed E-state index contributed by atoms with van der Waals surface area (Å²) in [5.41, 5.74) is 0.178. The van der Waals surface area contributed by atoms with E-state index in [4.69, 9.17) is 4.74 Å². The normalized spacial score (nSPS) is 10.2. The van der Waals surface area contributed by atoms with Crippen LogP contribution < -0.4 is 5.32 Å². The Labute approximate surface area is 136 Å². The molecule has 1 aromatic carbocycles. The molecule has 0 unspecified atom stereocenters. The Morgan fingerprint density at radius 1 is 1.13 bits per heavy atom. The fourth-order valence-electron chi connectivity index (χ4n) is 1.71. The number of hydrogen-bond acceptors (Lipinski definition) is 5. The zero-order valence-electron chi connectivity index (χ0n) is 12.3. The highest BCUT2D eigenvalue weighted by atomic mass is 32.1. The number of ether oxygens (including phenoxy) is 1. The smallest absolute Gasteiger partial charge is 0.338 e. The van der Waals surface area contributed by atoms with Crippen molar-refractivity contribution in [3.05, 3.63) is 57.5 Å². The molecule has 7 heteroatoms. The largest absolute Gasteiger partial charge is 0.454 e. The van der Waals surface area contributed by atoms with Gasteiger partial charge in [-0.2, -0.15) is 0 Å². The molecule has 0 bridgehead atoms. The van der Waals surface area contributed by atoms with Crippen molar-refractivity contribution in [1.29, 1.82) is 0 Å². The minimum absolute atomic E-state index is 0.153. The van der Waals surface area contributed by atoms with Crippen molar-refractivity contribution in [2.24, 2.45) is 0 Å². The highest BCUT2D eigenvalue weighted by Gasteiger charge is 2.14. The second-order valence-corrected chi connectivity index (χ2v) is 5.85. The second-order valence-electron chi connectivity index (χ2n) is 4.68. The van der Waals surface area contributed by atoms with Gasteiger partial charge in [0.15, 0.2) is 6.61 Å². The first-order chi connectivity index (χ1) is 11.0. The summed E-state index contributed by atoms with van der Waals surface area (Å²) in [6.45, 7) is 1.37. The molecule has 0 saturated heterocycles. The van der Waals surface area contributed by atoms with E-state index in [0.29, 0.717) is 11.4 Å². The lowest BCUT2D eigenvalue weighted by Gasteiger charge is -2.03. The van der Waals surface area contributed by atoms with Crippen molar-refractivity contribution in [2.75, 3.05) is 6.61 Å². The van der Waals surface area contributed by atoms with Gasteiger partial charge in [0.05, 0.1) is 17.0 Å². The molecule has 1 amide bonds. The van der Waals surface area contributed by atoms with Gasteiger partial charge in [-0.15, -0.1) is 11.3 Å². The van der Waals surface area contributed by atoms with Crippen LogP contribution in [0.15, 0.2) is 36.4 Å². The lowest BCUT2D eigenvalue weighted by Crippen LogP contribution is -2.18. The van der Waals surface area contributed by atoms with E-state index in [-0.39, 0.29) is 17.3 Å². The first-order valence-corrected chi connectivity index (χ1v) is 7.56. The number of nitrogens with one attached hydrogen (secondary N) is 1. The molecule has 1 N–H and O–H groups in total. The van der Waals surface area contributed by atoms with Crippen molar-refractivity contribution in [1.82, 2.24) is 5.32 Å². The quantitative estimate of drug-likeness (QED) is 0.650. The molecule has 0 aliphatic heterocycles. The first-order valence-electron chi connectivity index (χ1n) is 6.75. The highest BCUT2D eigenvalue weighted by Crippen LogP contribution is 2.17. The number of benzene rings is 1. The van der Waals surface area contributed by atoms with Crippen LogP contribution in [0, 0.1) is 5.82 Å². The van der Waals surface area contributed by atoms with Crippen molar-refractivity contribution in [3.63, 3.8) is 0 Å². The lowest BCUT2D eigenvalue weighted by atomic mass is 10.2. The van der Waals surface area contributed by atoms with E-state index in [1.54, 1.807) is 12.1 Å². The molecular formula is C16H14FNO4S. The second kappa shape index (κ2) is 7.64. The van der Waals surface area contributed by atoms with Crippen molar-refractivity contribution < 1.29 is 23.5 Å². The highest BCUT2D eigenvalue weighted by molar-refractivity contribution is 7.14. The predicted molar refractivity (Wildman–Crippen MR) is 82.9 cm³/mol. The Bertz CT molecular complexity index is 724. The minimum atomic E-state index is -0.687. The van der Waals surface area contributed by atoms with Gasteiger partial charge in [0, 0.05) is 11.8 Å². The molecule has 0 spiro atoms. The molecule has 0 saturated carbocycles. The van der Waals surface area contributed by atoms with Crippen LogP contribution in [0.2, 0.25) is 0 Å². The van der Waals surface area contributed by atoms with Gasteiger partial charge in [-0.3, -0.25) is 9.59 Å². The number of Topliss-reactive ketones (excluding diaryl/α,β-unsaturated/α-hetero) is 1. The van der Waals surface area contributed by atoms with Crippen LogP contribution in [-0.4, -0.2) is 24.3 Å². The van der Waals surface area contributed by atoms with Gasteiger partial charge in [0.1, 0.15) is 5.82 Å². The Morgan fingerprint density at radius 3 is 2.48 bits per heavy atom. The molecule has 2 rings (SSSR count). The summed E-state index contributed by atoms with van der Waals surface area (Å²) in [6, 6.07) is 8.22. The van der Waals surface area contributed by atoms with Crippen LogP contribution in [0.5, 0.6) is 0 Å². The Kier molecular flexibility index (Phi) is 5.59. The Balaban J connectivity index is 1.88. The third kappa shape index (κ3) is 5.00. The molecule has 0 aliphatic carbocycles. The third-order valence-electron chi connectivity index (χ3n) is 2.86. The van der Waals surface area contributed by atoms with Crippen LogP contribution >= 0.6 is 11.3 Å². The Hall–Kier alpha value is -2.54. The van der Waals surface area contributed by atoms with Gasteiger partial charge in [0.2, 0.25) is 11.7 Å². The molecule has 0 atom stereocenters. The number of carbonyl (C=O) groups is 3. The molecule has 23 heavy (non-hydrogen) atoms. The number of esters is 1. The summed E-state index contributed by atoms with van der Waals surface area (Å²) in [5, 5.41) is 2.63. The van der Waals surface area contributed by atoms with E-state index in [2.05, 4.69) is 5.32 Å². The molecule has 2 aromatic rings. The molecule has 1 heterocycles. The summed E-state index contributed by atoms with van der Waals surface area (Å²) in [6.07, 6.45) is 0. The van der Waals surface area contributed by atoms with E-state index in [1.807, 2.05) is 0 Å². The van der Waals surface area contributed by atoms with Gasteiger partial charge >= 0.3 is 5.97 Å². The maximum atomic E-state index is 12.8. The van der Waals surface area contributed by atoms with E-state index in [1.165, 1.54) is 30.4 Å². The summed E-state index contributed by atoms with van der Waals surface area (Å²) >= 11 is 1.23. The SMILES string of the molecule is CC(=O)NCc1ccc(C(=O)COC(=O)c2ccc(F)cc2)s1. The fraction of sp³-hybridized carbons (Fsp3) is 0.188. The summed E-state index contributed by atoms with van der Waals surface area (Å²) < 4.78 is 17.7. The molecule has 120 valence electrons. The maximum Gasteiger partial charge on any atom is 0.338 e. The molecule has 0 fully saturated rings. The number of amides is 1. The van der Waals surface area contributed by atoms with Crippen LogP contribution in [0.25, 0.3) is 0 Å². The van der Waals surface area contributed by atoms with E-state index in [9.17, 15) is 18.8 Å². The van der Waals surface area contributed by atoms with Crippen LogP contribution in [-0.2, 0) is 16.1 Å². The molecular weight excluding hydrogens is 321 g/mol. The number of carbonyl (C=O) groups excluding carboxylic acids is 3. The zero-order valence-corrected chi connectivity index (χ0v) is 13.1. The number of halogens is 1. The average Bonchev–Trinajstić information content (AvgIpc) is 3.00. The molecule has 0 aliphatic rings. The average molecular weight is 335 g/mol. The minimum Gasteiger partial charge on any atom is -0.454 e. The van der Waals surface area contributed by atoms with Gasteiger partial charge < -0.3 is 10.1 Å². The summed E-state index contributed by atoms with van der Waals surface area (Å²) in [5.74, 6) is -1.63. The van der Waals surface area contributed by atoms with Crippen molar-refractivity contribution in [3.8, 4) is 0 Å². The van der Waals surface area contributed by atoms with E-state index in [0.717, 1.165) is 17.0 Å². The maximum absolute atomic E-state index is 12.8. The van der Waals surface area contributed by atoms with Crippen LogP contribution in [0.3, 0.4) is 0 Å².